The Bertz CT molecular complexity index is 1030. The number of rotatable bonds is 3. The first-order chi connectivity index (χ1) is 13.7. The van der Waals surface area contributed by atoms with Crippen LogP contribution < -0.4 is 10.2 Å². The standard InChI is InChI=1S/C19H18ClN7O/c20-16-8-13(9-22-18(16)27-23-5-6-24-27)25-19(28)26-7-1-2-14-15(12-3-4-12)10-21-11-17(14)26/h5-6,8-12H,1-4,7H2,(H,25,28). The van der Waals surface area contributed by atoms with Gasteiger partial charge in [-0.3, -0.25) is 9.88 Å². The number of urea groups is 1. The Morgan fingerprint density at radius 2 is 2.00 bits per heavy atom. The van der Waals surface area contributed by atoms with Crippen LogP contribution in [0.3, 0.4) is 0 Å². The van der Waals surface area contributed by atoms with Gasteiger partial charge in [-0.05, 0) is 48.8 Å². The second kappa shape index (κ2) is 6.87. The molecule has 0 bridgehead atoms. The SMILES string of the molecule is O=C(Nc1cnc(-n2nccn2)c(Cl)c1)N1CCCc2c(C3CC3)cncc21. The van der Waals surface area contributed by atoms with E-state index in [-0.39, 0.29) is 6.03 Å². The van der Waals surface area contributed by atoms with Gasteiger partial charge in [0.25, 0.3) is 0 Å². The Hall–Kier alpha value is -3.00. The molecule has 0 radical (unpaired) electrons. The van der Waals surface area contributed by atoms with Gasteiger partial charge in [-0.2, -0.15) is 10.2 Å². The van der Waals surface area contributed by atoms with Crippen molar-refractivity contribution >= 4 is 29.0 Å². The van der Waals surface area contributed by atoms with E-state index in [4.69, 9.17) is 11.6 Å². The predicted octanol–water partition coefficient (Wildman–Crippen LogP) is 3.57. The average Bonchev–Trinajstić information content (AvgIpc) is 3.41. The van der Waals surface area contributed by atoms with Crippen molar-refractivity contribution < 1.29 is 4.79 Å². The van der Waals surface area contributed by atoms with Gasteiger partial charge in [0.05, 0.1) is 41.2 Å². The minimum absolute atomic E-state index is 0.210. The Morgan fingerprint density at radius 1 is 1.18 bits per heavy atom. The first kappa shape index (κ1) is 17.1. The van der Waals surface area contributed by atoms with Crippen LogP contribution in [0.15, 0.2) is 37.1 Å². The smallest absolute Gasteiger partial charge is 0.306 e. The lowest BCUT2D eigenvalue weighted by molar-refractivity contribution is 0.256. The van der Waals surface area contributed by atoms with Gasteiger partial charge in [0.2, 0.25) is 0 Å². The van der Waals surface area contributed by atoms with Crippen molar-refractivity contribution in [2.45, 2.75) is 31.6 Å². The van der Waals surface area contributed by atoms with Gasteiger partial charge in [0.15, 0.2) is 5.82 Å². The molecule has 1 aliphatic heterocycles. The summed E-state index contributed by atoms with van der Waals surface area (Å²) in [5.74, 6) is 1.02. The van der Waals surface area contributed by atoms with Crippen LogP contribution in [0.5, 0.6) is 0 Å². The molecule has 8 nitrogen and oxygen atoms in total. The van der Waals surface area contributed by atoms with Gasteiger partial charge in [0, 0.05) is 12.7 Å². The van der Waals surface area contributed by atoms with Crippen molar-refractivity contribution in [3.63, 3.8) is 0 Å². The van der Waals surface area contributed by atoms with Crippen LogP contribution in [0.1, 0.15) is 36.3 Å². The van der Waals surface area contributed by atoms with Crippen molar-refractivity contribution in [3.05, 3.63) is 53.2 Å². The van der Waals surface area contributed by atoms with Crippen LogP contribution in [0.25, 0.3) is 5.82 Å². The zero-order valence-corrected chi connectivity index (χ0v) is 15.8. The topological polar surface area (TPSA) is 88.8 Å². The van der Waals surface area contributed by atoms with Gasteiger partial charge in [-0.25, -0.2) is 9.78 Å². The third-order valence-electron chi connectivity index (χ3n) is 5.11. The summed E-state index contributed by atoms with van der Waals surface area (Å²) in [6.07, 6.45) is 12.8. The molecule has 0 atom stereocenters. The molecule has 2 amide bonds. The highest BCUT2D eigenvalue weighted by molar-refractivity contribution is 6.32. The van der Waals surface area contributed by atoms with Crippen molar-refractivity contribution in [1.82, 2.24) is 25.0 Å². The number of aromatic nitrogens is 5. The normalized spacial score (nSPS) is 16.0. The number of anilines is 2. The number of pyridine rings is 2. The molecule has 0 unspecified atom stereocenters. The minimum Gasteiger partial charge on any atom is -0.306 e. The number of halogens is 1. The fraction of sp³-hybridized carbons (Fsp3) is 0.316. The summed E-state index contributed by atoms with van der Waals surface area (Å²) in [7, 11) is 0. The molecule has 1 aliphatic carbocycles. The molecule has 2 aliphatic rings. The van der Waals surface area contributed by atoms with Gasteiger partial charge in [-0.15, -0.1) is 4.80 Å². The second-order valence-corrected chi connectivity index (χ2v) is 7.44. The number of carbonyl (C=O) groups is 1. The molecule has 4 heterocycles. The molecule has 28 heavy (non-hydrogen) atoms. The monoisotopic (exact) mass is 395 g/mol. The van der Waals surface area contributed by atoms with Crippen LogP contribution in [0.4, 0.5) is 16.2 Å². The number of amides is 2. The summed E-state index contributed by atoms with van der Waals surface area (Å²) in [5.41, 5.74) is 3.99. The zero-order chi connectivity index (χ0) is 19.1. The maximum atomic E-state index is 12.9. The maximum Gasteiger partial charge on any atom is 0.326 e. The van der Waals surface area contributed by atoms with E-state index in [0.29, 0.717) is 29.0 Å². The number of nitrogens with zero attached hydrogens (tertiary/aromatic N) is 6. The van der Waals surface area contributed by atoms with Gasteiger partial charge < -0.3 is 5.32 Å². The van der Waals surface area contributed by atoms with E-state index < -0.39 is 0 Å². The second-order valence-electron chi connectivity index (χ2n) is 7.03. The number of hydrogen-bond donors (Lipinski definition) is 1. The number of nitrogens with one attached hydrogen (secondary N) is 1. The highest BCUT2D eigenvalue weighted by atomic mass is 35.5. The van der Waals surface area contributed by atoms with Crippen LogP contribution >= 0.6 is 11.6 Å². The van der Waals surface area contributed by atoms with Crippen molar-refractivity contribution in [3.8, 4) is 5.82 Å². The number of fused-ring (bicyclic) bond motifs is 1. The third-order valence-corrected chi connectivity index (χ3v) is 5.39. The highest BCUT2D eigenvalue weighted by Gasteiger charge is 2.31. The summed E-state index contributed by atoms with van der Waals surface area (Å²) >= 11 is 6.30. The third kappa shape index (κ3) is 3.09. The van der Waals surface area contributed by atoms with Crippen LogP contribution in [0.2, 0.25) is 5.02 Å². The van der Waals surface area contributed by atoms with E-state index in [1.807, 2.05) is 6.20 Å². The summed E-state index contributed by atoms with van der Waals surface area (Å²) in [4.78, 5) is 24.7. The van der Waals surface area contributed by atoms with Gasteiger partial charge in [0.1, 0.15) is 0 Å². The first-order valence-electron chi connectivity index (χ1n) is 9.28. The fourth-order valence-corrected chi connectivity index (χ4v) is 3.89. The van der Waals surface area contributed by atoms with Crippen molar-refractivity contribution in [2.75, 3.05) is 16.8 Å². The number of carbonyl (C=O) groups excluding carboxylic acids is 1. The van der Waals surface area contributed by atoms with E-state index in [2.05, 4.69) is 25.5 Å². The lowest BCUT2D eigenvalue weighted by Gasteiger charge is -2.30. The highest BCUT2D eigenvalue weighted by Crippen LogP contribution is 2.44. The molecule has 0 spiro atoms. The molecule has 1 fully saturated rings. The molecular weight excluding hydrogens is 378 g/mol. The summed E-state index contributed by atoms with van der Waals surface area (Å²) in [6, 6.07) is 1.44. The Morgan fingerprint density at radius 3 is 2.75 bits per heavy atom. The largest absolute Gasteiger partial charge is 0.326 e. The summed E-state index contributed by atoms with van der Waals surface area (Å²) in [6.45, 7) is 0.658. The quantitative estimate of drug-likeness (QED) is 0.732. The fourth-order valence-electron chi connectivity index (χ4n) is 3.65. The number of hydrogen-bond acceptors (Lipinski definition) is 5. The molecule has 142 valence electrons. The van der Waals surface area contributed by atoms with Gasteiger partial charge >= 0.3 is 6.03 Å². The van der Waals surface area contributed by atoms with E-state index in [9.17, 15) is 4.79 Å². The summed E-state index contributed by atoms with van der Waals surface area (Å²) < 4.78 is 0. The van der Waals surface area contributed by atoms with E-state index in [1.165, 1.54) is 28.8 Å². The molecule has 0 saturated heterocycles. The van der Waals surface area contributed by atoms with E-state index in [1.54, 1.807) is 35.8 Å². The van der Waals surface area contributed by atoms with Crippen LogP contribution in [0, 0.1) is 0 Å². The molecule has 1 N–H and O–H groups in total. The Labute approximate surface area is 166 Å². The maximum absolute atomic E-state index is 12.9. The first-order valence-corrected chi connectivity index (χ1v) is 9.66. The van der Waals surface area contributed by atoms with Crippen molar-refractivity contribution in [1.29, 1.82) is 0 Å². The molecule has 9 heteroatoms. The molecule has 0 aromatic carbocycles. The molecule has 5 rings (SSSR count). The lowest BCUT2D eigenvalue weighted by Crippen LogP contribution is -2.39. The molecule has 1 saturated carbocycles. The minimum atomic E-state index is -0.210. The van der Waals surface area contributed by atoms with E-state index in [0.717, 1.165) is 18.5 Å². The Balaban J connectivity index is 1.38. The molecular formula is C19H18ClN7O. The summed E-state index contributed by atoms with van der Waals surface area (Å²) in [5, 5.41) is 11.3. The zero-order valence-electron chi connectivity index (χ0n) is 15.0. The van der Waals surface area contributed by atoms with E-state index >= 15 is 0 Å². The molecule has 3 aromatic heterocycles. The average molecular weight is 396 g/mol. The van der Waals surface area contributed by atoms with Crippen LogP contribution in [-0.4, -0.2) is 37.5 Å². The lowest BCUT2D eigenvalue weighted by atomic mass is 9.96. The predicted molar refractivity (Wildman–Crippen MR) is 105 cm³/mol. The van der Waals surface area contributed by atoms with Crippen LogP contribution in [-0.2, 0) is 6.42 Å². The molecule has 3 aromatic rings. The van der Waals surface area contributed by atoms with Gasteiger partial charge in [-0.1, -0.05) is 11.6 Å². The Kier molecular flexibility index (Phi) is 4.20. The van der Waals surface area contributed by atoms with Crippen molar-refractivity contribution in [2.24, 2.45) is 0 Å².